The van der Waals surface area contributed by atoms with Crippen LogP contribution in [-0.4, -0.2) is 49.3 Å². The molecule has 2 heterocycles. The number of rotatable bonds is 2. The standard InChI is InChI=1S/C23H19ClF3N5.Na.H/c1-22(2,3)20-14(11-28)19(32(4)31-20)21-29-17-10-12(9-16(24)18(17)30-21)13-7-5-6-8-15(13)23(25,26)27;;/h5-10H,1-4H3,(H,29,30);;. The van der Waals surface area contributed by atoms with Crippen molar-refractivity contribution in [3.8, 4) is 28.7 Å². The molecule has 0 bridgehead atoms. The number of nitriles is 1. The summed E-state index contributed by atoms with van der Waals surface area (Å²) in [6.07, 6.45) is -4.51. The van der Waals surface area contributed by atoms with Gasteiger partial charge in [-0.15, -0.1) is 0 Å². The summed E-state index contributed by atoms with van der Waals surface area (Å²) < 4.78 is 42.1. The summed E-state index contributed by atoms with van der Waals surface area (Å²) in [4.78, 5) is 7.66. The monoisotopic (exact) mass is 481 g/mol. The Bertz CT molecular complexity index is 1390. The van der Waals surface area contributed by atoms with Gasteiger partial charge in [0.25, 0.3) is 0 Å². The first kappa shape index (κ1) is 25.3. The van der Waals surface area contributed by atoms with E-state index in [1.54, 1.807) is 23.9 Å². The van der Waals surface area contributed by atoms with Crippen LogP contribution in [0.3, 0.4) is 0 Å². The van der Waals surface area contributed by atoms with Crippen molar-refractivity contribution < 1.29 is 13.2 Å². The van der Waals surface area contributed by atoms with E-state index in [-0.39, 0.29) is 45.6 Å². The van der Waals surface area contributed by atoms with Gasteiger partial charge in [-0.1, -0.05) is 50.6 Å². The van der Waals surface area contributed by atoms with Gasteiger partial charge in [0.1, 0.15) is 17.3 Å². The van der Waals surface area contributed by atoms with E-state index in [1.165, 1.54) is 18.2 Å². The number of aromatic nitrogens is 4. The van der Waals surface area contributed by atoms with Crippen molar-refractivity contribution in [2.24, 2.45) is 7.05 Å². The molecular weight excluding hydrogens is 462 g/mol. The molecule has 0 fully saturated rings. The molecule has 166 valence electrons. The minimum absolute atomic E-state index is 0. The van der Waals surface area contributed by atoms with Gasteiger partial charge in [0.15, 0.2) is 5.82 Å². The summed E-state index contributed by atoms with van der Waals surface area (Å²) in [7, 11) is 1.71. The van der Waals surface area contributed by atoms with Crippen LogP contribution in [0.25, 0.3) is 33.7 Å². The molecule has 0 atom stereocenters. The Balaban J connectivity index is 0.00000306. The van der Waals surface area contributed by atoms with E-state index in [0.717, 1.165) is 6.07 Å². The molecule has 4 aromatic rings. The Morgan fingerprint density at radius 2 is 1.79 bits per heavy atom. The van der Waals surface area contributed by atoms with Gasteiger partial charge in [-0.2, -0.15) is 23.5 Å². The van der Waals surface area contributed by atoms with Gasteiger partial charge >= 0.3 is 35.7 Å². The van der Waals surface area contributed by atoms with Crippen molar-refractivity contribution in [2.75, 3.05) is 0 Å². The molecule has 0 saturated carbocycles. The van der Waals surface area contributed by atoms with E-state index < -0.39 is 11.7 Å². The number of imidazole rings is 1. The second-order valence-corrected chi connectivity index (χ2v) is 8.95. The van der Waals surface area contributed by atoms with Gasteiger partial charge in [0.05, 0.1) is 27.3 Å². The van der Waals surface area contributed by atoms with Gasteiger partial charge in [-0.3, -0.25) is 4.68 Å². The fourth-order valence-electron chi connectivity index (χ4n) is 3.75. The first-order valence-electron chi connectivity index (χ1n) is 9.75. The van der Waals surface area contributed by atoms with Gasteiger partial charge in [0, 0.05) is 12.5 Å². The molecule has 0 aliphatic carbocycles. The molecule has 0 radical (unpaired) electrons. The van der Waals surface area contributed by atoms with E-state index in [4.69, 9.17) is 11.6 Å². The van der Waals surface area contributed by atoms with Crippen LogP contribution in [0.15, 0.2) is 36.4 Å². The molecule has 4 rings (SSSR count). The van der Waals surface area contributed by atoms with Crippen molar-refractivity contribution >= 4 is 52.2 Å². The van der Waals surface area contributed by atoms with Crippen molar-refractivity contribution in [1.82, 2.24) is 19.7 Å². The summed E-state index contributed by atoms with van der Waals surface area (Å²) in [5.41, 5.74) is 1.57. The number of halogens is 4. The quantitative estimate of drug-likeness (QED) is 0.366. The molecule has 1 N–H and O–H groups in total. The maximum atomic E-state index is 13.5. The van der Waals surface area contributed by atoms with E-state index in [9.17, 15) is 18.4 Å². The predicted octanol–water partition coefficient (Wildman–Crippen LogP) is 5.82. The molecular formula is C23H20ClF3N5Na. The fourth-order valence-corrected chi connectivity index (χ4v) is 4.01. The van der Waals surface area contributed by atoms with Crippen LogP contribution in [0.5, 0.6) is 0 Å². The Morgan fingerprint density at radius 1 is 1.12 bits per heavy atom. The SMILES string of the molecule is Cn1nc(C(C)(C)C)c(C#N)c1-c1nc2cc(-c3ccccc3C(F)(F)F)cc(Cl)c2[nH]1.[NaH]. The van der Waals surface area contributed by atoms with Gasteiger partial charge in [-0.25, -0.2) is 4.98 Å². The number of nitrogens with zero attached hydrogens (tertiary/aromatic N) is 4. The third-order valence-corrected chi connectivity index (χ3v) is 5.48. The number of nitrogens with one attached hydrogen (secondary N) is 1. The first-order valence-corrected chi connectivity index (χ1v) is 10.1. The third kappa shape index (κ3) is 4.56. The number of fused-ring (bicyclic) bond motifs is 1. The van der Waals surface area contributed by atoms with E-state index >= 15 is 0 Å². The van der Waals surface area contributed by atoms with Crippen LogP contribution in [0.2, 0.25) is 5.02 Å². The summed E-state index contributed by atoms with van der Waals surface area (Å²) in [5, 5.41) is 14.5. The van der Waals surface area contributed by atoms with Crippen molar-refractivity contribution in [3.63, 3.8) is 0 Å². The molecule has 2 aromatic carbocycles. The average molecular weight is 482 g/mol. The summed E-state index contributed by atoms with van der Waals surface area (Å²) >= 11 is 6.43. The van der Waals surface area contributed by atoms with Gasteiger partial charge < -0.3 is 4.98 Å². The van der Waals surface area contributed by atoms with Crippen LogP contribution < -0.4 is 0 Å². The first-order chi connectivity index (χ1) is 14.9. The molecule has 5 nitrogen and oxygen atoms in total. The second-order valence-electron chi connectivity index (χ2n) is 8.54. The number of aromatic amines is 1. The van der Waals surface area contributed by atoms with Gasteiger partial charge in [0.2, 0.25) is 0 Å². The van der Waals surface area contributed by atoms with Crippen LogP contribution >= 0.6 is 11.6 Å². The van der Waals surface area contributed by atoms with E-state index in [2.05, 4.69) is 21.1 Å². The van der Waals surface area contributed by atoms with Gasteiger partial charge in [-0.05, 0) is 29.3 Å². The minimum atomic E-state index is -4.51. The number of alkyl halides is 3. The van der Waals surface area contributed by atoms with E-state index in [0.29, 0.717) is 39.4 Å². The molecule has 2 aromatic heterocycles. The summed E-state index contributed by atoms with van der Waals surface area (Å²) in [6, 6.07) is 10.6. The number of hydrogen-bond donors (Lipinski definition) is 1. The molecule has 0 unspecified atom stereocenters. The van der Waals surface area contributed by atoms with Crippen molar-refractivity contribution in [1.29, 1.82) is 5.26 Å². The number of hydrogen-bond acceptors (Lipinski definition) is 3. The number of benzene rings is 2. The van der Waals surface area contributed by atoms with E-state index in [1.807, 2.05) is 20.8 Å². The predicted molar refractivity (Wildman–Crippen MR) is 124 cm³/mol. The zero-order chi connectivity index (χ0) is 23.4. The second kappa shape index (κ2) is 8.80. The zero-order valence-electron chi connectivity index (χ0n) is 17.8. The Kier molecular flexibility index (Phi) is 6.75. The van der Waals surface area contributed by atoms with Crippen LogP contribution in [0, 0.1) is 11.3 Å². The molecule has 0 aliphatic rings. The molecule has 0 amide bonds. The van der Waals surface area contributed by atoms with Crippen LogP contribution in [0.1, 0.15) is 37.6 Å². The summed E-state index contributed by atoms with van der Waals surface area (Å²) in [5.74, 6) is 0.366. The zero-order valence-corrected chi connectivity index (χ0v) is 18.5. The van der Waals surface area contributed by atoms with Crippen LogP contribution in [-0.2, 0) is 18.6 Å². The summed E-state index contributed by atoms with van der Waals surface area (Å²) in [6.45, 7) is 5.87. The number of aryl methyl sites for hydroxylation is 1. The molecule has 0 aliphatic heterocycles. The number of H-pyrrole nitrogens is 1. The normalized spacial score (nSPS) is 12.0. The molecule has 0 saturated heterocycles. The van der Waals surface area contributed by atoms with Crippen molar-refractivity contribution in [3.05, 3.63) is 58.2 Å². The van der Waals surface area contributed by atoms with Crippen molar-refractivity contribution in [2.45, 2.75) is 32.4 Å². The Labute approximate surface area is 215 Å². The third-order valence-electron chi connectivity index (χ3n) is 5.18. The maximum absolute atomic E-state index is 13.5. The topological polar surface area (TPSA) is 70.3 Å². The van der Waals surface area contributed by atoms with Crippen LogP contribution in [0.4, 0.5) is 13.2 Å². The molecule has 10 heteroatoms. The molecule has 0 spiro atoms. The fraction of sp³-hybridized carbons (Fsp3) is 0.261. The Morgan fingerprint density at radius 3 is 2.39 bits per heavy atom. The Hall–Kier alpha value is -2.31. The molecule has 33 heavy (non-hydrogen) atoms. The average Bonchev–Trinajstić information content (AvgIpc) is 3.27.